The summed E-state index contributed by atoms with van der Waals surface area (Å²) in [4.78, 5) is 16.7. The second-order valence-electron chi connectivity index (χ2n) is 5.85. The van der Waals surface area contributed by atoms with Crippen LogP contribution in [0.25, 0.3) is 0 Å². The lowest BCUT2D eigenvalue weighted by Gasteiger charge is -2.34. The van der Waals surface area contributed by atoms with Gasteiger partial charge in [0.2, 0.25) is 5.91 Å². The molecule has 2 rings (SSSR count). The van der Waals surface area contributed by atoms with Gasteiger partial charge in [-0.3, -0.25) is 9.69 Å². The molecule has 0 aromatic heterocycles. The highest BCUT2D eigenvalue weighted by atomic mass is 16.5. The molecule has 2 aliphatic rings. The zero-order valence-electron chi connectivity index (χ0n) is 12.8. The van der Waals surface area contributed by atoms with Crippen LogP contribution in [0, 0.1) is 0 Å². The summed E-state index contributed by atoms with van der Waals surface area (Å²) in [6, 6.07) is 0. The van der Waals surface area contributed by atoms with Crippen LogP contribution in [0.1, 0.15) is 32.6 Å². The molecule has 5 heteroatoms. The predicted molar refractivity (Wildman–Crippen MR) is 79.8 cm³/mol. The molecule has 0 bridgehead atoms. The van der Waals surface area contributed by atoms with Gasteiger partial charge < -0.3 is 15.0 Å². The summed E-state index contributed by atoms with van der Waals surface area (Å²) in [5.74, 6) is 0.275. The standard InChI is InChI=1S/C15H29N3O2/c1-2-11-20-14-5-3-9-18(12-14)15(19)13-17-8-4-6-16-7-10-17/h14,16H,2-13H2,1H3. The number of nitrogens with one attached hydrogen (secondary N) is 1. The molecular formula is C15H29N3O2. The Hall–Kier alpha value is -0.650. The first-order valence-corrected chi connectivity index (χ1v) is 8.12. The number of hydrogen-bond acceptors (Lipinski definition) is 4. The van der Waals surface area contributed by atoms with Crippen molar-refractivity contribution in [3.63, 3.8) is 0 Å². The highest BCUT2D eigenvalue weighted by Crippen LogP contribution is 2.14. The van der Waals surface area contributed by atoms with E-state index in [1.54, 1.807) is 0 Å². The highest BCUT2D eigenvalue weighted by Gasteiger charge is 2.25. The smallest absolute Gasteiger partial charge is 0.236 e. The molecule has 0 saturated carbocycles. The van der Waals surface area contributed by atoms with Crippen molar-refractivity contribution in [2.24, 2.45) is 0 Å². The molecule has 0 radical (unpaired) electrons. The molecule has 1 N–H and O–H groups in total. The number of ether oxygens (including phenoxy) is 1. The molecule has 0 spiro atoms. The maximum absolute atomic E-state index is 12.4. The molecular weight excluding hydrogens is 254 g/mol. The number of carbonyl (C=O) groups excluding carboxylic acids is 1. The fourth-order valence-corrected chi connectivity index (χ4v) is 2.94. The number of rotatable bonds is 5. The quantitative estimate of drug-likeness (QED) is 0.807. The van der Waals surface area contributed by atoms with Crippen LogP contribution in [0.5, 0.6) is 0 Å². The zero-order valence-corrected chi connectivity index (χ0v) is 12.8. The van der Waals surface area contributed by atoms with Crippen molar-refractivity contribution in [3.05, 3.63) is 0 Å². The Morgan fingerprint density at radius 1 is 1.25 bits per heavy atom. The van der Waals surface area contributed by atoms with Gasteiger partial charge in [0, 0.05) is 32.8 Å². The monoisotopic (exact) mass is 283 g/mol. The minimum Gasteiger partial charge on any atom is -0.376 e. The summed E-state index contributed by atoms with van der Waals surface area (Å²) in [5.41, 5.74) is 0. The second-order valence-corrected chi connectivity index (χ2v) is 5.85. The molecule has 0 aromatic rings. The molecule has 2 fully saturated rings. The van der Waals surface area contributed by atoms with Gasteiger partial charge in [-0.1, -0.05) is 6.92 Å². The van der Waals surface area contributed by atoms with Crippen LogP contribution in [0.15, 0.2) is 0 Å². The van der Waals surface area contributed by atoms with Crippen molar-refractivity contribution in [1.82, 2.24) is 15.1 Å². The number of piperidine rings is 1. The average molecular weight is 283 g/mol. The van der Waals surface area contributed by atoms with Crippen LogP contribution in [0.3, 0.4) is 0 Å². The predicted octanol–water partition coefficient (Wildman–Crippen LogP) is 0.699. The Kier molecular flexibility index (Phi) is 6.76. The Bertz CT molecular complexity index is 291. The van der Waals surface area contributed by atoms with E-state index in [2.05, 4.69) is 17.1 Å². The number of nitrogens with zero attached hydrogens (tertiary/aromatic N) is 2. The van der Waals surface area contributed by atoms with Crippen molar-refractivity contribution < 1.29 is 9.53 Å². The zero-order chi connectivity index (χ0) is 14.2. The topological polar surface area (TPSA) is 44.8 Å². The van der Waals surface area contributed by atoms with Crippen molar-refractivity contribution in [3.8, 4) is 0 Å². The largest absolute Gasteiger partial charge is 0.376 e. The van der Waals surface area contributed by atoms with Crippen molar-refractivity contribution in [1.29, 1.82) is 0 Å². The highest BCUT2D eigenvalue weighted by molar-refractivity contribution is 5.78. The number of amides is 1. The first-order chi connectivity index (χ1) is 9.79. The van der Waals surface area contributed by atoms with Crippen LogP contribution in [-0.4, -0.2) is 74.2 Å². The maximum Gasteiger partial charge on any atom is 0.236 e. The van der Waals surface area contributed by atoms with Gasteiger partial charge in [0.1, 0.15) is 0 Å². The molecule has 2 aliphatic heterocycles. The normalized spacial score (nSPS) is 25.4. The third-order valence-electron chi connectivity index (χ3n) is 4.08. The molecule has 2 saturated heterocycles. The van der Waals surface area contributed by atoms with Crippen LogP contribution in [0.4, 0.5) is 0 Å². The van der Waals surface area contributed by atoms with E-state index in [0.29, 0.717) is 6.54 Å². The Balaban J connectivity index is 1.75. The number of carbonyl (C=O) groups is 1. The van der Waals surface area contributed by atoms with Crippen molar-refractivity contribution in [2.75, 3.05) is 52.4 Å². The molecule has 0 aliphatic carbocycles. The van der Waals surface area contributed by atoms with Gasteiger partial charge in [0.25, 0.3) is 0 Å². The van der Waals surface area contributed by atoms with E-state index in [0.717, 1.165) is 71.6 Å². The van der Waals surface area contributed by atoms with Gasteiger partial charge in [-0.15, -0.1) is 0 Å². The van der Waals surface area contributed by atoms with E-state index in [-0.39, 0.29) is 12.0 Å². The van der Waals surface area contributed by atoms with Gasteiger partial charge >= 0.3 is 0 Å². The average Bonchev–Trinajstić information content (AvgIpc) is 2.74. The van der Waals surface area contributed by atoms with Crippen molar-refractivity contribution >= 4 is 5.91 Å². The molecule has 1 amide bonds. The summed E-state index contributed by atoms with van der Waals surface area (Å²) in [6.07, 6.45) is 4.60. The lowest BCUT2D eigenvalue weighted by Crippen LogP contribution is -2.47. The molecule has 1 atom stereocenters. The maximum atomic E-state index is 12.4. The van der Waals surface area contributed by atoms with E-state index in [1.807, 2.05) is 4.90 Å². The van der Waals surface area contributed by atoms with Gasteiger partial charge in [0.05, 0.1) is 12.6 Å². The minimum absolute atomic E-state index is 0.249. The summed E-state index contributed by atoms with van der Waals surface area (Å²) < 4.78 is 5.80. The summed E-state index contributed by atoms with van der Waals surface area (Å²) >= 11 is 0. The van der Waals surface area contributed by atoms with E-state index in [9.17, 15) is 4.79 Å². The SMILES string of the molecule is CCCOC1CCCN(C(=O)CN2CCCNCC2)C1. The van der Waals surface area contributed by atoms with Crippen LogP contribution >= 0.6 is 0 Å². The Morgan fingerprint density at radius 2 is 2.15 bits per heavy atom. The van der Waals surface area contributed by atoms with Crippen LogP contribution in [0.2, 0.25) is 0 Å². The molecule has 20 heavy (non-hydrogen) atoms. The molecule has 2 heterocycles. The fourth-order valence-electron chi connectivity index (χ4n) is 2.94. The van der Waals surface area contributed by atoms with Crippen LogP contribution < -0.4 is 5.32 Å². The summed E-state index contributed by atoms with van der Waals surface area (Å²) in [7, 11) is 0. The first-order valence-electron chi connectivity index (χ1n) is 8.12. The second kappa shape index (κ2) is 8.60. The van der Waals surface area contributed by atoms with E-state index < -0.39 is 0 Å². The number of hydrogen-bond donors (Lipinski definition) is 1. The minimum atomic E-state index is 0.249. The van der Waals surface area contributed by atoms with E-state index in [4.69, 9.17) is 4.74 Å². The Labute approximate surface area is 122 Å². The van der Waals surface area contributed by atoms with E-state index >= 15 is 0 Å². The molecule has 116 valence electrons. The number of likely N-dealkylation sites (tertiary alicyclic amines) is 1. The Morgan fingerprint density at radius 3 is 3.00 bits per heavy atom. The summed E-state index contributed by atoms with van der Waals surface area (Å²) in [6.45, 7) is 9.27. The molecule has 1 unspecified atom stereocenters. The lowest BCUT2D eigenvalue weighted by atomic mass is 10.1. The molecule has 5 nitrogen and oxygen atoms in total. The van der Waals surface area contributed by atoms with Gasteiger partial charge in [0.15, 0.2) is 0 Å². The van der Waals surface area contributed by atoms with Crippen molar-refractivity contribution in [2.45, 2.75) is 38.7 Å². The van der Waals surface area contributed by atoms with Gasteiger partial charge in [-0.05, 0) is 38.8 Å². The third-order valence-corrected chi connectivity index (χ3v) is 4.08. The van der Waals surface area contributed by atoms with E-state index in [1.165, 1.54) is 0 Å². The third kappa shape index (κ3) is 5.04. The fraction of sp³-hybridized carbons (Fsp3) is 0.933. The van der Waals surface area contributed by atoms with Gasteiger partial charge in [-0.25, -0.2) is 0 Å². The molecule has 0 aromatic carbocycles. The first kappa shape index (κ1) is 15.7. The van der Waals surface area contributed by atoms with Gasteiger partial charge in [-0.2, -0.15) is 0 Å². The lowest BCUT2D eigenvalue weighted by molar-refractivity contribution is -0.136. The van der Waals surface area contributed by atoms with Crippen LogP contribution in [-0.2, 0) is 9.53 Å². The summed E-state index contributed by atoms with van der Waals surface area (Å²) in [5, 5.41) is 3.37.